The molecule has 0 saturated heterocycles. The Morgan fingerprint density at radius 2 is 2.04 bits per heavy atom. The summed E-state index contributed by atoms with van der Waals surface area (Å²) >= 11 is 0. The summed E-state index contributed by atoms with van der Waals surface area (Å²) in [6.45, 7) is 4.29. The summed E-state index contributed by atoms with van der Waals surface area (Å²) in [6.07, 6.45) is 5.66. The first kappa shape index (κ1) is 15.2. The topological polar surface area (TPSA) is 76.2 Å². The fourth-order valence-electron chi connectivity index (χ4n) is 2.44. The normalized spacial score (nSPS) is 17.3. The predicted octanol–water partition coefficient (Wildman–Crippen LogP) is 3.90. The van der Waals surface area contributed by atoms with E-state index in [0.717, 1.165) is 11.1 Å². The van der Waals surface area contributed by atoms with Crippen molar-refractivity contribution in [3.05, 3.63) is 53.9 Å². The first-order chi connectivity index (χ1) is 11.0. The van der Waals surface area contributed by atoms with Crippen molar-refractivity contribution < 1.29 is 14.4 Å². The predicted molar refractivity (Wildman–Crippen MR) is 86.7 cm³/mol. The maximum Gasteiger partial charge on any atom is 0.310 e. The zero-order chi connectivity index (χ0) is 16.4. The molecule has 0 spiro atoms. The van der Waals surface area contributed by atoms with Gasteiger partial charge in [-0.3, -0.25) is 4.79 Å². The smallest absolute Gasteiger partial charge is 0.310 e. The Balaban J connectivity index is 1.79. The summed E-state index contributed by atoms with van der Waals surface area (Å²) in [5.74, 6) is 0.115. The minimum absolute atomic E-state index is 0.439. The maximum absolute atomic E-state index is 10.9. The third-order valence-corrected chi connectivity index (χ3v) is 3.93. The van der Waals surface area contributed by atoms with E-state index in [-0.39, 0.29) is 0 Å². The van der Waals surface area contributed by atoms with Gasteiger partial charge in [0.1, 0.15) is 0 Å². The van der Waals surface area contributed by atoms with E-state index in [1.165, 1.54) is 5.56 Å². The Kier molecular flexibility index (Phi) is 4.10. The van der Waals surface area contributed by atoms with Crippen LogP contribution in [0, 0.1) is 5.92 Å². The fraction of sp³-hybridized carbons (Fsp3) is 0.278. The molecule has 0 aliphatic heterocycles. The third-order valence-electron chi connectivity index (χ3n) is 3.93. The Morgan fingerprint density at radius 3 is 2.61 bits per heavy atom. The molecule has 0 bridgehead atoms. The van der Waals surface area contributed by atoms with Crippen molar-refractivity contribution >= 4 is 11.5 Å². The summed E-state index contributed by atoms with van der Waals surface area (Å²) in [4.78, 5) is 15.3. The molecule has 5 heteroatoms. The van der Waals surface area contributed by atoms with E-state index in [4.69, 9.17) is 9.63 Å². The molecule has 1 N–H and O–H groups in total. The second-order valence-corrected chi connectivity index (χ2v) is 5.90. The van der Waals surface area contributed by atoms with Crippen molar-refractivity contribution in [3.8, 4) is 11.5 Å². The van der Waals surface area contributed by atoms with Gasteiger partial charge in [0.2, 0.25) is 5.82 Å². The molecule has 1 heterocycles. The van der Waals surface area contributed by atoms with Crippen LogP contribution < -0.4 is 0 Å². The van der Waals surface area contributed by atoms with Gasteiger partial charge in [-0.1, -0.05) is 49.4 Å². The Hall–Kier alpha value is -2.69. The van der Waals surface area contributed by atoms with Crippen LogP contribution in [0.3, 0.4) is 0 Å². The molecule has 5 nitrogen and oxygen atoms in total. The molecule has 1 atom stereocenters. The summed E-state index contributed by atoms with van der Waals surface area (Å²) in [5, 5.41) is 13.0. The SMILES string of the molecule is CC(C)c1ccc(-c2nc(C3=CCC(C(=O)O)C=C3)no2)cc1. The van der Waals surface area contributed by atoms with E-state index in [2.05, 4.69) is 36.1 Å². The van der Waals surface area contributed by atoms with Gasteiger partial charge in [-0.15, -0.1) is 0 Å². The molecule has 1 aliphatic carbocycles. The molecule has 3 rings (SSSR count). The van der Waals surface area contributed by atoms with Crippen LogP contribution in [-0.2, 0) is 4.79 Å². The van der Waals surface area contributed by atoms with Gasteiger partial charge in [0.25, 0.3) is 5.89 Å². The number of rotatable bonds is 4. The molecule has 1 aromatic heterocycles. The lowest BCUT2D eigenvalue weighted by Crippen LogP contribution is -2.12. The van der Waals surface area contributed by atoms with Crippen LogP contribution in [0.1, 0.15) is 37.6 Å². The van der Waals surface area contributed by atoms with Crippen molar-refractivity contribution in [2.45, 2.75) is 26.2 Å². The minimum Gasteiger partial charge on any atom is -0.481 e. The first-order valence-corrected chi connectivity index (χ1v) is 7.60. The molecular formula is C18H18N2O3. The van der Waals surface area contributed by atoms with Crippen molar-refractivity contribution in [3.63, 3.8) is 0 Å². The van der Waals surface area contributed by atoms with E-state index in [1.807, 2.05) is 18.2 Å². The van der Waals surface area contributed by atoms with E-state index < -0.39 is 11.9 Å². The van der Waals surface area contributed by atoms with Crippen LogP contribution >= 0.6 is 0 Å². The van der Waals surface area contributed by atoms with Crippen LogP contribution in [0.2, 0.25) is 0 Å². The average Bonchev–Trinajstić information content (AvgIpc) is 3.05. The number of hydrogen-bond acceptors (Lipinski definition) is 4. The number of aromatic nitrogens is 2. The summed E-state index contributed by atoms with van der Waals surface area (Å²) in [7, 11) is 0. The van der Waals surface area contributed by atoms with Crippen LogP contribution in [0.15, 0.2) is 47.0 Å². The van der Waals surface area contributed by atoms with Gasteiger partial charge in [0.15, 0.2) is 0 Å². The van der Waals surface area contributed by atoms with Gasteiger partial charge in [0, 0.05) is 11.1 Å². The van der Waals surface area contributed by atoms with Crippen LogP contribution in [0.25, 0.3) is 17.0 Å². The van der Waals surface area contributed by atoms with Crippen LogP contribution in [0.4, 0.5) is 0 Å². The summed E-state index contributed by atoms with van der Waals surface area (Å²) in [5.41, 5.74) is 2.92. The number of carboxylic acid groups (broad SMARTS) is 1. The fourth-order valence-corrected chi connectivity index (χ4v) is 2.44. The van der Waals surface area contributed by atoms with E-state index in [1.54, 1.807) is 12.2 Å². The number of hydrogen-bond donors (Lipinski definition) is 1. The van der Waals surface area contributed by atoms with Gasteiger partial charge in [-0.25, -0.2) is 0 Å². The second-order valence-electron chi connectivity index (χ2n) is 5.90. The van der Waals surface area contributed by atoms with Gasteiger partial charge >= 0.3 is 5.97 Å². The van der Waals surface area contributed by atoms with Gasteiger partial charge in [0.05, 0.1) is 5.92 Å². The Labute approximate surface area is 134 Å². The zero-order valence-corrected chi connectivity index (χ0v) is 13.1. The highest BCUT2D eigenvalue weighted by Gasteiger charge is 2.19. The lowest BCUT2D eigenvalue weighted by Gasteiger charge is -2.09. The highest BCUT2D eigenvalue weighted by Crippen LogP contribution is 2.26. The second kappa shape index (κ2) is 6.20. The molecule has 0 saturated carbocycles. The summed E-state index contributed by atoms with van der Waals surface area (Å²) in [6, 6.07) is 8.05. The number of carboxylic acids is 1. The van der Waals surface area contributed by atoms with Gasteiger partial charge < -0.3 is 9.63 Å². The van der Waals surface area contributed by atoms with Crippen LogP contribution in [-0.4, -0.2) is 21.2 Å². The van der Waals surface area contributed by atoms with Crippen LogP contribution in [0.5, 0.6) is 0 Å². The van der Waals surface area contributed by atoms with Crippen molar-refractivity contribution in [2.75, 3.05) is 0 Å². The third kappa shape index (κ3) is 3.23. The quantitative estimate of drug-likeness (QED) is 0.926. The van der Waals surface area contributed by atoms with E-state index >= 15 is 0 Å². The van der Waals surface area contributed by atoms with E-state index in [0.29, 0.717) is 24.1 Å². The zero-order valence-electron chi connectivity index (χ0n) is 13.1. The Morgan fingerprint density at radius 1 is 1.30 bits per heavy atom. The Bertz CT molecular complexity index is 770. The highest BCUT2D eigenvalue weighted by molar-refractivity contribution is 5.78. The molecular weight excluding hydrogens is 292 g/mol. The lowest BCUT2D eigenvalue weighted by molar-refractivity contribution is -0.139. The molecule has 23 heavy (non-hydrogen) atoms. The average molecular weight is 310 g/mol. The molecule has 1 aliphatic rings. The molecule has 0 radical (unpaired) electrons. The molecule has 0 amide bonds. The lowest BCUT2D eigenvalue weighted by atomic mass is 9.97. The first-order valence-electron chi connectivity index (χ1n) is 7.60. The molecule has 0 fully saturated rings. The molecule has 118 valence electrons. The molecule has 2 aromatic rings. The molecule has 1 unspecified atom stereocenters. The maximum atomic E-state index is 10.9. The monoisotopic (exact) mass is 310 g/mol. The van der Waals surface area contributed by atoms with E-state index in [9.17, 15) is 4.79 Å². The van der Waals surface area contributed by atoms with Gasteiger partial charge in [-0.05, 0) is 30.0 Å². The summed E-state index contributed by atoms with van der Waals surface area (Å²) < 4.78 is 5.33. The van der Waals surface area contributed by atoms with Gasteiger partial charge in [-0.2, -0.15) is 4.98 Å². The number of allylic oxidation sites excluding steroid dienone is 3. The highest BCUT2D eigenvalue weighted by atomic mass is 16.5. The number of nitrogens with zero attached hydrogens (tertiary/aromatic N) is 2. The number of carbonyl (C=O) groups is 1. The number of benzene rings is 1. The van der Waals surface area contributed by atoms with Crippen molar-refractivity contribution in [2.24, 2.45) is 5.92 Å². The van der Waals surface area contributed by atoms with Crippen molar-refractivity contribution in [1.29, 1.82) is 0 Å². The number of aliphatic carboxylic acids is 1. The largest absolute Gasteiger partial charge is 0.481 e. The standard InChI is InChI=1S/C18H18N2O3/c1-11(2)12-3-7-14(8-4-12)17-19-16(20-23-17)13-5-9-15(10-6-13)18(21)22/h3-9,11,15H,10H2,1-2H3,(H,21,22). The minimum atomic E-state index is -0.824. The van der Waals surface area contributed by atoms with Crippen molar-refractivity contribution in [1.82, 2.24) is 10.1 Å². The molecule has 1 aromatic carbocycles.